The van der Waals surface area contributed by atoms with Gasteiger partial charge >= 0.3 is 12.2 Å². The molecule has 2 rings (SSSR count). The van der Waals surface area contributed by atoms with Gasteiger partial charge in [0.1, 0.15) is 5.82 Å². The predicted molar refractivity (Wildman–Crippen MR) is 81.3 cm³/mol. The van der Waals surface area contributed by atoms with Crippen molar-refractivity contribution in [2.45, 2.75) is 6.18 Å². The van der Waals surface area contributed by atoms with Gasteiger partial charge in [-0.2, -0.15) is 13.2 Å². The normalized spacial score (nSPS) is 11.0. The van der Waals surface area contributed by atoms with Crippen molar-refractivity contribution in [3.05, 3.63) is 58.3 Å². The Morgan fingerprint density at radius 3 is 2.39 bits per heavy atom. The molecule has 0 fully saturated rings. The van der Waals surface area contributed by atoms with E-state index in [1.807, 2.05) is 0 Å². The molecule has 2 amide bonds. The Morgan fingerprint density at radius 1 is 1.04 bits per heavy atom. The first-order valence-electron chi connectivity index (χ1n) is 6.21. The Bertz CT molecular complexity index is 721. The quantitative estimate of drug-likeness (QED) is 0.522. The van der Waals surface area contributed by atoms with Crippen LogP contribution >= 0.6 is 15.9 Å². The molecule has 0 saturated heterocycles. The molecule has 0 aliphatic heterocycles. The van der Waals surface area contributed by atoms with Crippen LogP contribution in [0.15, 0.2) is 46.9 Å². The van der Waals surface area contributed by atoms with Gasteiger partial charge in [-0.3, -0.25) is 10.9 Å². The van der Waals surface area contributed by atoms with E-state index in [0.717, 1.165) is 18.2 Å². The van der Waals surface area contributed by atoms with Gasteiger partial charge in [0, 0.05) is 4.47 Å². The predicted octanol–water partition coefficient (Wildman–Crippen LogP) is 4.76. The van der Waals surface area contributed by atoms with Gasteiger partial charge in [0.25, 0.3) is 0 Å². The van der Waals surface area contributed by atoms with Crippen molar-refractivity contribution in [3.8, 4) is 0 Å². The van der Waals surface area contributed by atoms with Crippen LogP contribution in [0.3, 0.4) is 0 Å². The lowest BCUT2D eigenvalue weighted by molar-refractivity contribution is -0.136. The summed E-state index contributed by atoms with van der Waals surface area (Å²) in [5, 5.41) is 2.10. The highest BCUT2D eigenvalue weighted by Gasteiger charge is 2.33. The molecule has 0 bridgehead atoms. The second kappa shape index (κ2) is 6.86. The van der Waals surface area contributed by atoms with Crippen molar-refractivity contribution in [1.82, 2.24) is 5.43 Å². The molecular weight excluding hydrogens is 382 g/mol. The number of hydrogen-bond donors (Lipinski definition) is 3. The van der Waals surface area contributed by atoms with E-state index in [9.17, 15) is 22.4 Å². The number of benzene rings is 2. The second-order valence-corrected chi connectivity index (χ2v) is 5.23. The topological polar surface area (TPSA) is 53.2 Å². The molecule has 122 valence electrons. The van der Waals surface area contributed by atoms with Gasteiger partial charge in [-0.05, 0) is 46.3 Å². The van der Waals surface area contributed by atoms with Gasteiger partial charge in [-0.15, -0.1) is 0 Å². The molecule has 0 aliphatic rings. The molecule has 2 aromatic carbocycles. The molecule has 0 heterocycles. The van der Waals surface area contributed by atoms with E-state index in [2.05, 4.69) is 32.1 Å². The number of anilines is 2. The van der Waals surface area contributed by atoms with Crippen molar-refractivity contribution in [3.63, 3.8) is 0 Å². The molecule has 9 heteroatoms. The minimum absolute atomic E-state index is 0.339. The van der Waals surface area contributed by atoms with Crippen LogP contribution in [0, 0.1) is 5.82 Å². The summed E-state index contributed by atoms with van der Waals surface area (Å²) in [6.45, 7) is 0. The molecule has 0 spiro atoms. The molecular formula is C14H10BrF4N3O. The van der Waals surface area contributed by atoms with Crippen LogP contribution in [0.4, 0.5) is 33.7 Å². The molecule has 0 atom stereocenters. The first-order valence-corrected chi connectivity index (χ1v) is 7.01. The molecule has 23 heavy (non-hydrogen) atoms. The average Bonchev–Trinajstić information content (AvgIpc) is 2.46. The van der Waals surface area contributed by atoms with E-state index in [1.54, 1.807) is 0 Å². The number of urea groups is 1. The Morgan fingerprint density at radius 2 is 1.74 bits per heavy atom. The summed E-state index contributed by atoms with van der Waals surface area (Å²) in [4.78, 5) is 11.7. The maximum Gasteiger partial charge on any atom is 0.418 e. The highest BCUT2D eigenvalue weighted by Crippen LogP contribution is 2.34. The Balaban J connectivity index is 2.03. The molecule has 4 nitrogen and oxygen atoms in total. The highest BCUT2D eigenvalue weighted by molar-refractivity contribution is 9.10. The Labute approximate surface area is 137 Å². The van der Waals surface area contributed by atoms with E-state index >= 15 is 0 Å². The minimum atomic E-state index is -4.59. The van der Waals surface area contributed by atoms with Crippen LogP contribution in [0.1, 0.15) is 5.56 Å². The third kappa shape index (κ3) is 4.59. The number of carbonyl (C=O) groups is 1. The zero-order valence-corrected chi connectivity index (χ0v) is 12.9. The molecule has 0 aromatic heterocycles. The van der Waals surface area contributed by atoms with Crippen molar-refractivity contribution < 1.29 is 22.4 Å². The largest absolute Gasteiger partial charge is 0.418 e. The second-order valence-electron chi connectivity index (χ2n) is 4.37. The average molecular weight is 392 g/mol. The fourth-order valence-electron chi connectivity index (χ4n) is 1.71. The minimum Gasteiger partial charge on any atom is -0.306 e. The van der Waals surface area contributed by atoms with E-state index in [4.69, 9.17) is 0 Å². The first kappa shape index (κ1) is 17.1. The van der Waals surface area contributed by atoms with Gasteiger partial charge in [-0.1, -0.05) is 12.1 Å². The van der Waals surface area contributed by atoms with Gasteiger partial charge in [0.05, 0.1) is 16.9 Å². The van der Waals surface area contributed by atoms with E-state index in [0.29, 0.717) is 10.2 Å². The number of carbonyl (C=O) groups excluding carboxylic acids is 1. The van der Waals surface area contributed by atoms with Crippen molar-refractivity contribution in [2.75, 3.05) is 10.7 Å². The lowest BCUT2D eigenvalue weighted by Gasteiger charge is -2.15. The zero-order valence-electron chi connectivity index (χ0n) is 11.3. The van der Waals surface area contributed by atoms with Crippen molar-refractivity contribution in [2.24, 2.45) is 0 Å². The van der Waals surface area contributed by atoms with Gasteiger partial charge in [-0.25, -0.2) is 9.18 Å². The van der Waals surface area contributed by atoms with Crippen LogP contribution < -0.4 is 16.2 Å². The van der Waals surface area contributed by atoms with E-state index < -0.39 is 23.6 Å². The molecule has 2 aromatic rings. The number of nitrogens with one attached hydrogen (secondary N) is 3. The third-order valence-electron chi connectivity index (χ3n) is 2.72. The van der Waals surface area contributed by atoms with Crippen LogP contribution in [0.2, 0.25) is 0 Å². The standard InChI is InChI=1S/C14H10BrF4N3O/c15-10-7-8(16)5-6-12(10)21-22-13(23)20-11-4-2-1-3-9(11)14(17,18)19/h1-7,21H,(H2,20,22,23). The summed E-state index contributed by atoms with van der Waals surface area (Å²) < 4.78 is 51.7. The smallest absolute Gasteiger partial charge is 0.306 e. The number of halogens is 5. The lowest BCUT2D eigenvalue weighted by Crippen LogP contribution is -2.34. The molecule has 3 N–H and O–H groups in total. The summed E-state index contributed by atoms with van der Waals surface area (Å²) in [6, 6.07) is 7.36. The maximum absolute atomic E-state index is 12.9. The fourth-order valence-corrected chi connectivity index (χ4v) is 2.16. The molecule has 0 unspecified atom stereocenters. The number of amides is 2. The van der Waals surface area contributed by atoms with Gasteiger partial charge < -0.3 is 5.32 Å². The third-order valence-corrected chi connectivity index (χ3v) is 3.38. The summed E-state index contributed by atoms with van der Waals surface area (Å²) in [5.41, 5.74) is 3.63. The number of rotatable bonds is 3. The summed E-state index contributed by atoms with van der Waals surface area (Å²) in [6.07, 6.45) is -4.59. The Hall–Kier alpha value is -2.29. The fraction of sp³-hybridized carbons (Fsp3) is 0.0714. The maximum atomic E-state index is 12.9. The summed E-state index contributed by atoms with van der Waals surface area (Å²) in [5.74, 6) is -0.481. The van der Waals surface area contributed by atoms with Crippen LogP contribution in [-0.2, 0) is 6.18 Å². The number of alkyl halides is 3. The number of hydrogen-bond acceptors (Lipinski definition) is 2. The highest BCUT2D eigenvalue weighted by atomic mass is 79.9. The van der Waals surface area contributed by atoms with Crippen LogP contribution in [0.5, 0.6) is 0 Å². The monoisotopic (exact) mass is 391 g/mol. The van der Waals surface area contributed by atoms with Gasteiger partial charge in [0.15, 0.2) is 0 Å². The van der Waals surface area contributed by atoms with Crippen molar-refractivity contribution in [1.29, 1.82) is 0 Å². The van der Waals surface area contributed by atoms with Crippen molar-refractivity contribution >= 4 is 33.3 Å². The zero-order chi connectivity index (χ0) is 17.0. The first-order chi connectivity index (χ1) is 10.8. The molecule has 0 radical (unpaired) electrons. The number of hydrazine groups is 1. The summed E-state index contributed by atoms with van der Waals surface area (Å²) in [7, 11) is 0. The van der Waals surface area contributed by atoms with Crippen LogP contribution in [0.25, 0.3) is 0 Å². The lowest BCUT2D eigenvalue weighted by atomic mass is 10.1. The van der Waals surface area contributed by atoms with Gasteiger partial charge in [0.2, 0.25) is 0 Å². The molecule has 0 saturated carbocycles. The summed E-state index contributed by atoms with van der Waals surface area (Å²) >= 11 is 3.08. The Kier molecular flexibility index (Phi) is 5.09. The van der Waals surface area contributed by atoms with E-state index in [1.165, 1.54) is 24.3 Å². The SMILES string of the molecule is O=C(NNc1ccc(F)cc1Br)Nc1ccccc1C(F)(F)F. The number of para-hydroxylation sites is 1. The molecule has 0 aliphatic carbocycles. The van der Waals surface area contributed by atoms with E-state index in [-0.39, 0.29) is 5.69 Å². The van der Waals surface area contributed by atoms with Crippen LogP contribution in [-0.4, -0.2) is 6.03 Å².